The summed E-state index contributed by atoms with van der Waals surface area (Å²) in [5.74, 6) is 0.791. The summed E-state index contributed by atoms with van der Waals surface area (Å²) < 4.78 is 5.50. The minimum absolute atomic E-state index is 0.691. The molecule has 2 saturated heterocycles. The van der Waals surface area contributed by atoms with Gasteiger partial charge in [0.05, 0.1) is 6.61 Å². The van der Waals surface area contributed by atoms with E-state index in [1.807, 2.05) is 0 Å². The summed E-state index contributed by atoms with van der Waals surface area (Å²) in [4.78, 5) is 2.68. The van der Waals surface area contributed by atoms with Crippen LogP contribution in [0.1, 0.15) is 26.7 Å². The SMILES string of the molecule is CC(C)CC1CNCCN1C1CCOC1. The third-order valence-corrected chi connectivity index (χ3v) is 3.51. The Labute approximate surface area is 93.2 Å². The number of hydrogen-bond donors (Lipinski definition) is 1. The molecule has 0 aromatic rings. The molecule has 2 heterocycles. The molecule has 2 aliphatic rings. The average Bonchev–Trinajstić information content (AvgIpc) is 2.70. The van der Waals surface area contributed by atoms with Crippen molar-refractivity contribution in [2.24, 2.45) is 5.92 Å². The van der Waals surface area contributed by atoms with Gasteiger partial charge in [-0.3, -0.25) is 4.90 Å². The van der Waals surface area contributed by atoms with Crippen LogP contribution in [0.3, 0.4) is 0 Å². The van der Waals surface area contributed by atoms with E-state index in [4.69, 9.17) is 4.74 Å². The fourth-order valence-corrected chi connectivity index (χ4v) is 2.80. The first-order valence-corrected chi connectivity index (χ1v) is 6.31. The third-order valence-electron chi connectivity index (χ3n) is 3.51. The van der Waals surface area contributed by atoms with Gasteiger partial charge in [-0.25, -0.2) is 0 Å². The quantitative estimate of drug-likeness (QED) is 0.758. The van der Waals surface area contributed by atoms with Gasteiger partial charge in [0.1, 0.15) is 0 Å². The largest absolute Gasteiger partial charge is 0.380 e. The lowest BCUT2D eigenvalue weighted by molar-refractivity contribution is 0.0785. The molecule has 0 radical (unpaired) electrons. The first kappa shape index (κ1) is 11.4. The molecule has 2 atom stereocenters. The molecule has 2 rings (SSSR count). The van der Waals surface area contributed by atoms with Crippen LogP contribution in [0.5, 0.6) is 0 Å². The highest BCUT2D eigenvalue weighted by atomic mass is 16.5. The standard InChI is InChI=1S/C12H24N2O/c1-10(2)7-12-8-13-4-5-14(12)11-3-6-15-9-11/h10-13H,3-9H2,1-2H3. The summed E-state index contributed by atoms with van der Waals surface area (Å²) in [5.41, 5.74) is 0. The van der Waals surface area contributed by atoms with Crippen LogP contribution < -0.4 is 5.32 Å². The molecule has 1 N–H and O–H groups in total. The van der Waals surface area contributed by atoms with E-state index in [2.05, 4.69) is 24.1 Å². The maximum absolute atomic E-state index is 5.50. The predicted octanol–water partition coefficient (Wildman–Crippen LogP) is 1.10. The fraction of sp³-hybridized carbons (Fsp3) is 1.00. The number of hydrogen-bond acceptors (Lipinski definition) is 3. The minimum Gasteiger partial charge on any atom is -0.380 e. The van der Waals surface area contributed by atoms with Gasteiger partial charge >= 0.3 is 0 Å². The summed E-state index contributed by atoms with van der Waals surface area (Å²) in [6.07, 6.45) is 2.54. The molecule has 3 nitrogen and oxygen atoms in total. The van der Waals surface area contributed by atoms with Gasteiger partial charge in [-0.15, -0.1) is 0 Å². The molecule has 88 valence electrons. The van der Waals surface area contributed by atoms with E-state index in [1.165, 1.54) is 19.4 Å². The van der Waals surface area contributed by atoms with Crippen LogP contribution in [0, 0.1) is 5.92 Å². The molecular formula is C12H24N2O. The molecule has 0 aliphatic carbocycles. The zero-order chi connectivity index (χ0) is 10.7. The molecule has 3 heteroatoms. The lowest BCUT2D eigenvalue weighted by atomic mass is 9.99. The summed E-state index contributed by atoms with van der Waals surface area (Å²) in [6.45, 7) is 10.1. The van der Waals surface area contributed by atoms with Gasteiger partial charge in [0.15, 0.2) is 0 Å². The van der Waals surface area contributed by atoms with Crippen molar-refractivity contribution in [3.63, 3.8) is 0 Å². The fourth-order valence-electron chi connectivity index (χ4n) is 2.80. The number of piperazine rings is 1. The molecule has 15 heavy (non-hydrogen) atoms. The first-order valence-electron chi connectivity index (χ1n) is 6.31. The first-order chi connectivity index (χ1) is 7.27. The number of nitrogens with one attached hydrogen (secondary N) is 1. The Bertz CT molecular complexity index is 190. The lowest BCUT2D eigenvalue weighted by Gasteiger charge is -2.40. The topological polar surface area (TPSA) is 24.5 Å². The van der Waals surface area contributed by atoms with Crippen molar-refractivity contribution in [2.75, 3.05) is 32.8 Å². The van der Waals surface area contributed by atoms with E-state index < -0.39 is 0 Å². The highest BCUT2D eigenvalue weighted by molar-refractivity contribution is 4.87. The van der Waals surface area contributed by atoms with Crippen molar-refractivity contribution < 1.29 is 4.74 Å². The van der Waals surface area contributed by atoms with E-state index in [9.17, 15) is 0 Å². The molecule has 0 aromatic heterocycles. The molecule has 2 unspecified atom stereocenters. The summed E-state index contributed by atoms with van der Waals surface area (Å²) in [7, 11) is 0. The maximum Gasteiger partial charge on any atom is 0.0622 e. The van der Waals surface area contributed by atoms with Crippen molar-refractivity contribution in [3.8, 4) is 0 Å². The van der Waals surface area contributed by atoms with Gasteiger partial charge in [-0.05, 0) is 18.8 Å². The monoisotopic (exact) mass is 212 g/mol. The van der Waals surface area contributed by atoms with Crippen LogP contribution in [0.15, 0.2) is 0 Å². The second kappa shape index (κ2) is 5.28. The Hall–Kier alpha value is -0.120. The highest BCUT2D eigenvalue weighted by Gasteiger charge is 2.31. The average molecular weight is 212 g/mol. The van der Waals surface area contributed by atoms with Crippen molar-refractivity contribution >= 4 is 0 Å². The Morgan fingerprint density at radius 2 is 2.33 bits per heavy atom. The number of rotatable bonds is 3. The predicted molar refractivity (Wildman–Crippen MR) is 62.0 cm³/mol. The van der Waals surface area contributed by atoms with E-state index in [1.54, 1.807) is 0 Å². The normalized spacial score (nSPS) is 33.8. The van der Waals surface area contributed by atoms with Crippen LogP contribution in [-0.4, -0.2) is 49.8 Å². The maximum atomic E-state index is 5.50. The Balaban J connectivity index is 1.92. The molecule has 0 saturated carbocycles. The van der Waals surface area contributed by atoms with Crippen LogP contribution in [0.2, 0.25) is 0 Å². The van der Waals surface area contributed by atoms with E-state index in [0.29, 0.717) is 6.04 Å². The van der Waals surface area contributed by atoms with Crippen LogP contribution >= 0.6 is 0 Å². The van der Waals surface area contributed by atoms with Crippen molar-refractivity contribution in [1.29, 1.82) is 0 Å². The summed E-state index contributed by atoms with van der Waals surface area (Å²) in [6, 6.07) is 1.42. The second-order valence-corrected chi connectivity index (χ2v) is 5.24. The highest BCUT2D eigenvalue weighted by Crippen LogP contribution is 2.20. The van der Waals surface area contributed by atoms with Gasteiger partial charge in [0.25, 0.3) is 0 Å². The van der Waals surface area contributed by atoms with E-state index in [-0.39, 0.29) is 0 Å². The minimum atomic E-state index is 0.691. The van der Waals surface area contributed by atoms with Crippen molar-refractivity contribution in [2.45, 2.75) is 38.8 Å². The zero-order valence-corrected chi connectivity index (χ0v) is 10.0. The Morgan fingerprint density at radius 3 is 3.00 bits per heavy atom. The molecule has 0 bridgehead atoms. The number of ether oxygens (including phenoxy) is 1. The summed E-state index contributed by atoms with van der Waals surface area (Å²) >= 11 is 0. The van der Waals surface area contributed by atoms with Gasteiger partial charge in [0, 0.05) is 38.3 Å². The second-order valence-electron chi connectivity index (χ2n) is 5.24. The van der Waals surface area contributed by atoms with Gasteiger partial charge in [-0.2, -0.15) is 0 Å². The molecular weight excluding hydrogens is 188 g/mol. The zero-order valence-electron chi connectivity index (χ0n) is 10.0. The van der Waals surface area contributed by atoms with Gasteiger partial charge < -0.3 is 10.1 Å². The molecule has 2 fully saturated rings. The Kier molecular flexibility index (Phi) is 4.00. The molecule has 2 aliphatic heterocycles. The number of nitrogens with zero attached hydrogens (tertiary/aromatic N) is 1. The Morgan fingerprint density at radius 1 is 1.47 bits per heavy atom. The molecule has 0 aromatic carbocycles. The lowest BCUT2D eigenvalue weighted by Crippen LogP contribution is -2.55. The smallest absolute Gasteiger partial charge is 0.0622 e. The van der Waals surface area contributed by atoms with Crippen molar-refractivity contribution in [3.05, 3.63) is 0 Å². The summed E-state index contributed by atoms with van der Waals surface area (Å²) in [5, 5.41) is 3.51. The molecule has 0 spiro atoms. The van der Waals surface area contributed by atoms with Gasteiger partial charge in [0.2, 0.25) is 0 Å². The third kappa shape index (κ3) is 2.92. The van der Waals surface area contributed by atoms with Gasteiger partial charge in [-0.1, -0.05) is 13.8 Å². The van der Waals surface area contributed by atoms with E-state index in [0.717, 1.165) is 38.3 Å². The van der Waals surface area contributed by atoms with Crippen molar-refractivity contribution in [1.82, 2.24) is 10.2 Å². The van der Waals surface area contributed by atoms with Crippen LogP contribution in [0.4, 0.5) is 0 Å². The molecule has 0 amide bonds. The van der Waals surface area contributed by atoms with E-state index >= 15 is 0 Å². The van der Waals surface area contributed by atoms with Crippen LogP contribution in [-0.2, 0) is 4.74 Å². The van der Waals surface area contributed by atoms with Crippen LogP contribution in [0.25, 0.3) is 0 Å².